The molecular weight excluding hydrogens is 376 g/mol. The molecule has 1 aromatic carbocycles. The average Bonchev–Trinajstić information content (AvgIpc) is 2.71. The van der Waals surface area contributed by atoms with Gasteiger partial charge in [0.1, 0.15) is 5.82 Å². The van der Waals surface area contributed by atoms with Crippen molar-refractivity contribution in [1.29, 1.82) is 0 Å². The quantitative estimate of drug-likeness (QED) is 0.310. The van der Waals surface area contributed by atoms with Gasteiger partial charge in [0.2, 0.25) is 0 Å². The minimum atomic E-state index is -4.62. The molecule has 2 fully saturated rings. The van der Waals surface area contributed by atoms with Crippen molar-refractivity contribution in [3.05, 3.63) is 35.1 Å². The smallest absolute Gasteiger partial charge is 0.206 e. The second kappa shape index (κ2) is 10.3. The Labute approximate surface area is 173 Å². The van der Waals surface area contributed by atoms with Gasteiger partial charge in [-0.3, -0.25) is 0 Å². The van der Waals surface area contributed by atoms with Crippen molar-refractivity contribution in [1.82, 2.24) is 0 Å². The second-order valence-corrected chi connectivity index (χ2v) is 9.48. The third kappa shape index (κ3) is 6.21. The standard InChI is InChI=1S/C25H36F4/c1-2-3-4-5-6-18-7-9-19(10-8-18)20-11-13-21(14-12-20)22-15-16-24(26)23(17-22)25(27,28)29/h15-21H,2-14H2,1H3. The zero-order valence-corrected chi connectivity index (χ0v) is 17.7. The molecule has 3 rings (SSSR count). The van der Waals surface area contributed by atoms with Crippen molar-refractivity contribution in [3.63, 3.8) is 0 Å². The maximum Gasteiger partial charge on any atom is 0.419 e. The topological polar surface area (TPSA) is 0 Å². The molecule has 2 aliphatic rings. The molecule has 0 nitrogen and oxygen atoms in total. The fraction of sp³-hybridized carbons (Fsp3) is 0.760. The van der Waals surface area contributed by atoms with E-state index >= 15 is 0 Å². The van der Waals surface area contributed by atoms with Crippen LogP contribution in [0.5, 0.6) is 0 Å². The monoisotopic (exact) mass is 412 g/mol. The van der Waals surface area contributed by atoms with Crippen LogP contribution in [0, 0.1) is 23.6 Å². The van der Waals surface area contributed by atoms with Gasteiger partial charge in [0.05, 0.1) is 5.56 Å². The van der Waals surface area contributed by atoms with Crippen LogP contribution in [0.4, 0.5) is 17.6 Å². The highest BCUT2D eigenvalue weighted by atomic mass is 19.4. The molecule has 0 saturated heterocycles. The molecule has 0 radical (unpaired) electrons. The predicted octanol–water partition coefficient (Wildman–Crippen LogP) is 8.90. The van der Waals surface area contributed by atoms with Gasteiger partial charge in [-0.05, 0) is 79.9 Å². The number of benzene rings is 1. The van der Waals surface area contributed by atoms with Crippen molar-refractivity contribution in [2.24, 2.45) is 17.8 Å². The fourth-order valence-electron chi connectivity index (χ4n) is 5.75. The minimum Gasteiger partial charge on any atom is -0.206 e. The average molecular weight is 413 g/mol. The Morgan fingerprint density at radius 2 is 1.45 bits per heavy atom. The SMILES string of the molecule is CCCCCCC1CCC(C2CCC(c3ccc(F)c(C(F)(F)F)c3)CC2)CC1. The molecule has 0 atom stereocenters. The Balaban J connectivity index is 1.46. The molecule has 0 aromatic heterocycles. The van der Waals surface area contributed by atoms with Crippen molar-refractivity contribution in [2.75, 3.05) is 0 Å². The van der Waals surface area contributed by atoms with Crippen LogP contribution in [0.25, 0.3) is 0 Å². The summed E-state index contributed by atoms with van der Waals surface area (Å²) in [5.74, 6) is 1.43. The molecule has 1 aromatic rings. The molecular formula is C25H36F4. The Morgan fingerprint density at radius 1 is 0.828 bits per heavy atom. The van der Waals surface area contributed by atoms with Crippen LogP contribution in [0.3, 0.4) is 0 Å². The van der Waals surface area contributed by atoms with Gasteiger partial charge in [-0.2, -0.15) is 13.2 Å². The van der Waals surface area contributed by atoms with E-state index in [4.69, 9.17) is 0 Å². The van der Waals surface area contributed by atoms with Gasteiger partial charge in [-0.25, -0.2) is 4.39 Å². The van der Waals surface area contributed by atoms with Crippen LogP contribution in [0.15, 0.2) is 18.2 Å². The number of alkyl halides is 3. The second-order valence-electron chi connectivity index (χ2n) is 9.48. The zero-order chi connectivity index (χ0) is 20.9. The number of hydrogen-bond acceptors (Lipinski definition) is 0. The summed E-state index contributed by atoms with van der Waals surface area (Å²) in [5, 5.41) is 0. The maximum atomic E-state index is 13.6. The highest BCUT2D eigenvalue weighted by molar-refractivity contribution is 5.30. The molecule has 2 saturated carbocycles. The summed E-state index contributed by atoms with van der Waals surface area (Å²) in [7, 11) is 0. The summed E-state index contributed by atoms with van der Waals surface area (Å²) in [6, 6.07) is 3.59. The van der Waals surface area contributed by atoms with Gasteiger partial charge in [0, 0.05) is 0 Å². The van der Waals surface area contributed by atoms with Gasteiger partial charge in [-0.15, -0.1) is 0 Å². The number of halogens is 4. The Bertz CT molecular complexity index is 620. The Hall–Kier alpha value is -1.06. The Kier molecular flexibility index (Phi) is 8.04. The van der Waals surface area contributed by atoms with E-state index in [9.17, 15) is 17.6 Å². The number of hydrogen-bond donors (Lipinski definition) is 0. The molecule has 0 heterocycles. The van der Waals surface area contributed by atoms with E-state index in [1.807, 2.05) is 0 Å². The number of unbranched alkanes of at least 4 members (excludes halogenated alkanes) is 3. The van der Waals surface area contributed by atoms with Crippen molar-refractivity contribution < 1.29 is 17.6 Å². The van der Waals surface area contributed by atoms with E-state index in [0.29, 0.717) is 5.56 Å². The van der Waals surface area contributed by atoms with E-state index in [1.165, 1.54) is 57.8 Å². The lowest BCUT2D eigenvalue weighted by molar-refractivity contribution is -0.140. The molecule has 0 amide bonds. The molecule has 29 heavy (non-hydrogen) atoms. The summed E-state index contributed by atoms with van der Waals surface area (Å²) in [6.45, 7) is 2.26. The third-order valence-electron chi connectivity index (χ3n) is 7.56. The summed E-state index contributed by atoms with van der Waals surface area (Å²) in [6.07, 6.45) is 11.7. The van der Waals surface area contributed by atoms with E-state index in [0.717, 1.165) is 55.6 Å². The van der Waals surface area contributed by atoms with Crippen LogP contribution < -0.4 is 0 Å². The van der Waals surface area contributed by atoms with Crippen molar-refractivity contribution in [2.45, 2.75) is 102 Å². The van der Waals surface area contributed by atoms with Crippen LogP contribution in [-0.4, -0.2) is 0 Å². The molecule has 0 aliphatic heterocycles. The van der Waals surface area contributed by atoms with Crippen molar-refractivity contribution >= 4 is 0 Å². The molecule has 0 N–H and O–H groups in total. The van der Waals surface area contributed by atoms with E-state index in [2.05, 4.69) is 6.92 Å². The van der Waals surface area contributed by atoms with Crippen molar-refractivity contribution in [3.8, 4) is 0 Å². The largest absolute Gasteiger partial charge is 0.419 e. The Morgan fingerprint density at radius 3 is 2.03 bits per heavy atom. The first-order valence-corrected chi connectivity index (χ1v) is 11.7. The lowest BCUT2D eigenvalue weighted by atomic mass is 9.68. The van der Waals surface area contributed by atoms with E-state index < -0.39 is 17.6 Å². The molecule has 164 valence electrons. The summed E-state index contributed by atoms with van der Waals surface area (Å²) < 4.78 is 52.6. The van der Waals surface area contributed by atoms with Crippen LogP contribution in [0.2, 0.25) is 0 Å². The fourth-order valence-corrected chi connectivity index (χ4v) is 5.75. The first kappa shape index (κ1) is 22.6. The van der Waals surface area contributed by atoms with Crippen LogP contribution >= 0.6 is 0 Å². The summed E-state index contributed by atoms with van der Waals surface area (Å²) >= 11 is 0. The van der Waals surface area contributed by atoms with Crippen LogP contribution in [-0.2, 0) is 6.18 Å². The lowest BCUT2D eigenvalue weighted by Crippen LogP contribution is -2.25. The van der Waals surface area contributed by atoms with Gasteiger partial charge in [-0.1, -0.05) is 57.9 Å². The lowest BCUT2D eigenvalue weighted by Gasteiger charge is -2.38. The van der Waals surface area contributed by atoms with Gasteiger partial charge in [0.25, 0.3) is 0 Å². The predicted molar refractivity (Wildman–Crippen MR) is 110 cm³/mol. The maximum absolute atomic E-state index is 13.6. The minimum absolute atomic E-state index is 0.142. The summed E-state index contributed by atoms with van der Waals surface area (Å²) in [4.78, 5) is 0. The van der Waals surface area contributed by atoms with Gasteiger partial charge in [0.15, 0.2) is 0 Å². The van der Waals surface area contributed by atoms with Crippen LogP contribution in [0.1, 0.15) is 107 Å². The normalized spacial score (nSPS) is 28.4. The summed E-state index contributed by atoms with van der Waals surface area (Å²) in [5.41, 5.74) is -0.456. The highest BCUT2D eigenvalue weighted by Crippen LogP contribution is 2.45. The molecule has 0 unspecified atom stereocenters. The molecule has 0 spiro atoms. The number of rotatable bonds is 7. The first-order chi connectivity index (χ1) is 13.9. The molecule has 4 heteroatoms. The molecule has 2 aliphatic carbocycles. The highest BCUT2D eigenvalue weighted by Gasteiger charge is 2.36. The third-order valence-corrected chi connectivity index (χ3v) is 7.56. The van der Waals surface area contributed by atoms with E-state index in [1.54, 1.807) is 6.07 Å². The van der Waals surface area contributed by atoms with Gasteiger partial charge >= 0.3 is 6.18 Å². The van der Waals surface area contributed by atoms with E-state index in [-0.39, 0.29) is 5.92 Å². The first-order valence-electron chi connectivity index (χ1n) is 11.7. The molecule has 0 bridgehead atoms. The zero-order valence-electron chi connectivity index (χ0n) is 17.7. The van der Waals surface area contributed by atoms with Gasteiger partial charge < -0.3 is 0 Å².